The van der Waals surface area contributed by atoms with Crippen LogP contribution in [0.5, 0.6) is 0 Å². The first-order chi connectivity index (χ1) is 11.1. The van der Waals surface area contributed by atoms with E-state index in [1.165, 1.54) is 13.1 Å². The molecular weight excluding hydrogens is 350 g/mol. The number of carbonyl (C=O) groups is 1. The molecule has 0 aliphatic heterocycles. The second-order valence-electron chi connectivity index (χ2n) is 5.61. The van der Waals surface area contributed by atoms with Crippen molar-refractivity contribution in [1.29, 1.82) is 0 Å². The Labute approximate surface area is 145 Å². The summed E-state index contributed by atoms with van der Waals surface area (Å²) in [5.41, 5.74) is 3.06. The number of aromatic nitrogens is 3. The fourth-order valence-electron chi connectivity index (χ4n) is 2.15. The lowest BCUT2D eigenvalue weighted by molar-refractivity contribution is -0.114. The van der Waals surface area contributed by atoms with E-state index < -0.39 is 10.0 Å². The van der Waals surface area contributed by atoms with Crippen LogP contribution in [0.2, 0.25) is 0 Å². The average molecular weight is 371 g/mol. The number of rotatable bonds is 6. The van der Waals surface area contributed by atoms with Gasteiger partial charge in [0, 0.05) is 19.2 Å². The average Bonchev–Trinajstić information content (AvgIpc) is 3.05. The van der Waals surface area contributed by atoms with Crippen LogP contribution >= 0.6 is 11.3 Å². The van der Waals surface area contributed by atoms with Crippen molar-refractivity contribution in [3.8, 4) is 0 Å². The topological polar surface area (TPSA) is 106 Å². The van der Waals surface area contributed by atoms with Crippen LogP contribution in [0.3, 0.4) is 0 Å². The highest BCUT2D eigenvalue weighted by Crippen LogP contribution is 2.23. The first kappa shape index (κ1) is 18.6. The molecule has 1 atom stereocenters. The molecule has 2 rings (SSSR count). The molecule has 10 heteroatoms. The summed E-state index contributed by atoms with van der Waals surface area (Å²) in [6.07, 6.45) is 1.23. The van der Waals surface area contributed by atoms with Gasteiger partial charge in [-0.05, 0) is 33.3 Å². The Morgan fingerprint density at radius 2 is 2.04 bits per heavy atom. The van der Waals surface area contributed by atoms with E-state index in [2.05, 4.69) is 20.1 Å². The van der Waals surface area contributed by atoms with Crippen molar-refractivity contribution in [2.24, 2.45) is 0 Å². The fraction of sp³-hybridized carbons (Fsp3) is 0.500. The van der Waals surface area contributed by atoms with Gasteiger partial charge in [-0.25, -0.2) is 18.1 Å². The number of nitrogens with one attached hydrogen (secondary N) is 2. The number of hydrogen-bond acceptors (Lipinski definition) is 6. The Bertz CT molecular complexity index is 854. The van der Waals surface area contributed by atoms with Gasteiger partial charge in [0.05, 0.1) is 17.9 Å². The van der Waals surface area contributed by atoms with Gasteiger partial charge in [0.1, 0.15) is 0 Å². The predicted octanol–water partition coefficient (Wildman–Crippen LogP) is 1.76. The molecule has 0 radical (unpaired) electrons. The molecule has 0 spiro atoms. The first-order valence-corrected chi connectivity index (χ1v) is 9.67. The number of amides is 1. The summed E-state index contributed by atoms with van der Waals surface area (Å²) in [5, 5.41) is 7.17. The third-order valence-corrected chi connectivity index (χ3v) is 6.50. The largest absolute Gasteiger partial charge is 0.302 e. The molecule has 0 saturated carbocycles. The molecule has 2 N–H and O–H groups in total. The van der Waals surface area contributed by atoms with Crippen molar-refractivity contribution in [3.05, 3.63) is 23.1 Å². The molecule has 2 heterocycles. The third kappa shape index (κ3) is 4.00. The number of sulfonamides is 1. The Balaban J connectivity index is 2.08. The smallest absolute Gasteiger partial charge is 0.251 e. The molecule has 0 aliphatic rings. The molecular formula is C14H21N5O3S2. The lowest BCUT2D eigenvalue weighted by Crippen LogP contribution is -2.30. The number of anilines is 1. The van der Waals surface area contributed by atoms with E-state index in [0.29, 0.717) is 0 Å². The monoisotopic (exact) mass is 371 g/mol. The van der Waals surface area contributed by atoms with E-state index >= 15 is 0 Å². The minimum Gasteiger partial charge on any atom is -0.302 e. The molecule has 0 saturated heterocycles. The lowest BCUT2D eigenvalue weighted by Gasteiger charge is -2.15. The lowest BCUT2D eigenvalue weighted by atomic mass is 10.2. The van der Waals surface area contributed by atoms with Crippen molar-refractivity contribution >= 4 is 32.4 Å². The van der Waals surface area contributed by atoms with Gasteiger partial charge in [-0.3, -0.25) is 9.48 Å². The molecule has 132 valence electrons. The predicted molar refractivity (Wildman–Crippen MR) is 92.8 cm³/mol. The summed E-state index contributed by atoms with van der Waals surface area (Å²) >= 11 is 0.909. The van der Waals surface area contributed by atoms with Crippen LogP contribution in [0.15, 0.2) is 10.4 Å². The minimum atomic E-state index is -3.68. The Kier molecular flexibility index (Phi) is 5.41. The first-order valence-electron chi connectivity index (χ1n) is 7.37. The SMILES string of the molecule is CC(=O)Nc1ncc(S(=O)(=O)NC[C@H](C)n2nc(C)c(C)c2C)s1. The molecule has 2 aromatic heterocycles. The zero-order valence-electron chi connectivity index (χ0n) is 14.2. The molecule has 2 aromatic rings. The summed E-state index contributed by atoms with van der Waals surface area (Å²) in [6.45, 7) is 9.32. The van der Waals surface area contributed by atoms with E-state index in [9.17, 15) is 13.2 Å². The highest BCUT2D eigenvalue weighted by molar-refractivity contribution is 7.91. The van der Waals surface area contributed by atoms with Gasteiger partial charge in [0.25, 0.3) is 10.0 Å². The summed E-state index contributed by atoms with van der Waals surface area (Å²) in [7, 11) is -3.68. The summed E-state index contributed by atoms with van der Waals surface area (Å²) in [4.78, 5) is 14.9. The van der Waals surface area contributed by atoms with Crippen molar-refractivity contribution in [1.82, 2.24) is 19.5 Å². The van der Waals surface area contributed by atoms with Crippen LogP contribution in [0.25, 0.3) is 0 Å². The van der Waals surface area contributed by atoms with Crippen LogP contribution in [0, 0.1) is 20.8 Å². The van der Waals surface area contributed by atoms with Gasteiger partial charge < -0.3 is 5.32 Å². The maximum Gasteiger partial charge on any atom is 0.251 e. The zero-order chi connectivity index (χ0) is 18.1. The molecule has 0 aromatic carbocycles. The summed E-state index contributed by atoms with van der Waals surface area (Å²) < 4.78 is 29.1. The van der Waals surface area contributed by atoms with Crippen LogP contribution in [0.4, 0.5) is 5.13 Å². The normalized spacial score (nSPS) is 13.0. The number of aryl methyl sites for hydroxylation is 1. The second-order valence-corrected chi connectivity index (χ2v) is 8.63. The van der Waals surface area contributed by atoms with Crippen molar-refractivity contribution in [2.75, 3.05) is 11.9 Å². The number of hydrogen-bond donors (Lipinski definition) is 2. The van der Waals surface area contributed by atoms with E-state index in [1.54, 1.807) is 0 Å². The van der Waals surface area contributed by atoms with Gasteiger partial charge in [0.15, 0.2) is 9.34 Å². The molecule has 24 heavy (non-hydrogen) atoms. The Hall–Kier alpha value is -1.78. The van der Waals surface area contributed by atoms with Crippen molar-refractivity contribution in [2.45, 2.75) is 44.9 Å². The summed E-state index contributed by atoms with van der Waals surface area (Å²) in [6, 6.07) is -0.130. The highest BCUT2D eigenvalue weighted by atomic mass is 32.2. The quantitative estimate of drug-likeness (QED) is 0.805. The highest BCUT2D eigenvalue weighted by Gasteiger charge is 2.21. The minimum absolute atomic E-state index is 0.0583. The number of carbonyl (C=O) groups excluding carboxylic acids is 1. The van der Waals surface area contributed by atoms with Gasteiger partial charge in [-0.1, -0.05) is 11.3 Å². The van der Waals surface area contributed by atoms with Crippen LogP contribution < -0.4 is 10.0 Å². The second kappa shape index (κ2) is 6.99. The molecule has 0 aliphatic carbocycles. The summed E-state index contributed by atoms with van der Waals surface area (Å²) in [5.74, 6) is -0.297. The van der Waals surface area contributed by atoms with Crippen LogP contribution in [-0.2, 0) is 14.8 Å². The van der Waals surface area contributed by atoms with Crippen LogP contribution in [-0.4, -0.2) is 35.6 Å². The zero-order valence-corrected chi connectivity index (χ0v) is 15.9. The van der Waals surface area contributed by atoms with Gasteiger partial charge >= 0.3 is 0 Å². The molecule has 8 nitrogen and oxygen atoms in total. The van der Waals surface area contributed by atoms with E-state index in [-0.39, 0.29) is 27.8 Å². The van der Waals surface area contributed by atoms with E-state index in [1.807, 2.05) is 32.4 Å². The van der Waals surface area contributed by atoms with Crippen LogP contribution in [0.1, 0.15) is 36.8 Å². The molecule has 0 bridgehead atoms. The van der Waals surface area contributed by atoms with E-state index in [4.69, 9.17) is 0 Å². The third-order valence-electron chi connectivity index (χ3n) is 3.71. The van der Waals surface area contributed by atoms with Gasteiger partial charge in [-0.15, -0.1) is 0 Å². The van der Waals surface area contributed by atoms with Gasteiger partial charge in [0.2, 0.25) is 5.91 Å². The Morgan fingerprint density at radius 3 is 2.58 bits per heavy atom. The van der Waals surface area contributed by atoms with Gasteiger partial charge in [-0.2, -0.15) is 5.10 Å². The Morgan fingerprint density at radius 1 is 1.38 bits per heavy atom. The molecule has 1 amide bonds. The molecule has 0 unspecified atom stereocenters. The molecule has 0 fully saturated rings. The standard InChI is InChI=1S/C14H21N5O3S2/c1-8(19-11(4)9(2)10(3)18-19)6-16-24(21,22)13-7-15-14(23-13)17-12(5)20/h7-8,16H,6H2,1-5H3,(H,15,17,20)/t8-/m0/s1. The fourth-order valence-corrected chi connectivity index (χ4v) is 4.40. The maximum absolute atomic E-state index is 12.3. The number of thiazole rings is 1. The number of nitrogens with zero attached hydrogens (tertiary/aromatic N) is 3. The van der Waals surface area contributed by atoms with Crippen molar-refractivity contribution in [3.63, 3.8) is 0 Å². The van der Waals surface area contributed by atoms with E-state index in [0.717, 1.165) is 28.3 Å². The maximum atomic E-state index is 12.3. The van der Waals surface area contributed by atoms with Crippen molar-refractivity contribution < 1.29 is 13.2 Å².